The summed E-state index contributed by atoms with van der Waals surface area (Å²) in [5.41, 5.74) is 1.02. The molecule has 1 aromatic carbocycles. The summed E-state index contributed by atoms with van der Waals surface area (Å²) in [5.74, 6) is 0.166. The Labute approximate surface area is 125 Å². The predicted octanol–water partition coefficient (Wildman–Crippen LogP) is 3.88. The maximum Gasteiger partial charge on any atom is 0.345 e. The molecule has 0 aliphatic carbocycles. The number of benzene rings is 1. The van der Waals surface area contributed by atoms with Gasteiger partial charge in [0.05, 0.1) is 0 Å². The van der Waals surface area contributed by atoms with E-state index in [1.165, 1.54) is 11.3 Å². The Kier molecular flexibility index (Phi) is 4.91. The first-order chi connectivity index (χ1) is 9.15. The van der Waals surface area contributed by atoms with Crippen molar-refractivity contribution >= 4 is 56.3 Å². The molecule has 0 spiro atoms. The fourth-order valence-corrected chi connectivity index (χ4v) is 3.20. The van der Waals surface area contributed by atoms with Gasteiger partial charge in [-0.05, 0) is 29.7 Å². The Balaban J connectivity index is 2.36. The average molecular weight is 318 g/mol. The lowest BCUT2D eigenvalue weighted by atomic mass is 10.2. The normalized spacial score (nSPS) is 10.8. The van der Waals surface area contributed by atoms with E-state index in [9.17, 15) is 4.79 Å². The lowest BCUT2D eigenvalue weighted by Gasteiger charge is -2.22. The summed E-state index contributed by atoms with van der Waals surface area (Å²) >= 11 is 12.9. The van der Waals surface area contributed by atoms with Crippen LogP contribution in [-0.2, 0) is 0 Å². The van der Waals surface area contributed by atoms with Gasteiger partial charge in [-0.2, -0.15) is 0 Å². The summed E-state index contributed by atoms with van der Waals surface area (Å²) in [5, 5.41) is 9.94. The van der Waals surface area contributed by atoms with Gasteiger partial charge in [-0.25, -0.2) is 4.79 Å². The molecule has 0 fully saturated rings. The Bertz CT molecular complexity index is 579. The zero-order valence-electron chi connectivity index (χ0n) is 10.1. The molecule has 0 aliphatic rings. The number of hydrogen-bond acceptors (Lipinski definition) is 3. The molecular formula is C13H13Cl2NO2S. The number of alkyl halides is 2. The van der Waals surface area contributed by atoms with Crippen LogP contribution in [0.2, 0.25) is 0 Å². The smallest absolute Gasteiger partial charge is 0.345 e. The first kappa shape index (κ1) is 14.4. The second-order valence-corrected chi connectivity index (χ2v) is 5.84. The molecule has 1 N–H and O–H groups in total. The largest absolute Gasteiger partial charge is 0.477 e. The third kappa shape index (κ3) is 3.32. The zero-order valence-corrected chi connectivity index (χ0v) is 12.4. The van der Waals surface area contributed by atoms with E-state index >= 15 is 0 Å². The third-order valence-corrected chi connectivity index (χ3v) is 4.23. The molecule has 0 atom stereocenters. The van der Waals surface area contributed by atoms with Crippen LogP contribution in [0.5, 0.6) is 0 Å². The standard InChI is InChI=1S/C13H13Cl2NO2S/c14-3-5-16(6-4-15)10-1-2-11-9(7-10)8-12(19-11)13(17)18/h1-2,7-8H,3-6H2,(H,17,18). The topological polar surface area (TPSA) is 40.5 Å². The quantitative estimate of drug-likeness (QED) is 0.822. The van der Waals surface area contributed by atoms with Crippen molar-refractivity contribution in [2.24, 2.45) is 0 Å². The third-order valence-electron chi connectivity index (χ3n) is 2.78. The van der Waals surface area contributed by atoms with Crippen molar-refractivity contribution in [2.75, 3.05) is 29.7 Å². The molecule has 3 nitrogen and oxygen atoms in total. The molecule has 102 valence electrons. The van der Waals surface area contributed by atoms with E-state index in [-0.39, 0.29) is 0 Å². The fourth-order valence-electron chi connectivity index (χ4n) is 1.91. The predicted molar refractivity (Wildman–Crippen MR) is 82.4 cm³/mol. The van der Waals surface area contributed by atoms with Crippen LogP contribution in [0.1, 0.15) is 9.67 Å². The first-order valence-corrected chi connectivity index (χ1v) is 7.68. The summed E-state index contributed by atoms with van der Waals surface area (Å²) in [6.45, 7) is 1.44. The molecule has 0 aliphatic heterocycles. The SMILES string of the molecule is O=C(O)c1cc2cc(N(CCCl)CCCl)ccc2s1. The van der Waals surface area contributed by atoms with Crippen LogP contribution in [-0.4, -0.2) is 35.9 Å². The number of anilines is 1. The van der Waals surface area contributed by atoms with Gasteiger partial charge in [0.1, 0.15) is 4.88 Å². The van der Waals surface area contributed by atoms with Crippen molar-refractivity contribution in [1.29, 1.82) is 0 Å². The molecule has 0 amide bonds. The van der Waals surface area contributed by atoms with E-state index in [1.54, 1.807) is 6.07 Å². The van der Waals surface area contributed by atoms with E-state index in [4.69, 9.17) is 28.3 Å². The van der Waals surface area contributed by atoms with E-state index in [0.29, 0.717) is 16.6 Å². The molecule has 0 bridgehead atoms. The van der Waals surface area contributed by atoms with Crippen LogP contribution in [0.15, 0.2) is 24.3 Å². The number of nitrogens with zero attached hydrogens (tertiary/aromatic N) is 1. The second-order valence-electron chi connectivity index (χ2n) is 4.00. The lowest BCUT2D eigenvalue weighted by molar-refractivity contribution is 0.0702. The van der Waals surface area contributed by atoms with Crippen molar-refractivity contribution in [2.45, 2.75) is 0 Å². The molecule has 1 aromatic heterocycles. The Morgan fingerprint density at radius 3 is 2.47 bits per heavy atom. The van der Waals surface area contributed by atoms with Crippen molar-refractivity contribution < 1.29 is 9.90 Å². The van der Waals surface area contributed by atoms with Gasteiger partial charge in [-0.1, -0.05) is 0 Å². The first-order valence-electron chi connectivity index (χ1n) is 5.79. The van der Waals surface area contributed by atoms with Crippen LogP contribution in [0.4, 0.5) is 5.69 Å². The highest BCUT2D eigenvalue weighted by molar-refractivity contribution is 7.20. The van der Waals surface area contributed by atoms with Crippen LogP contribution in [0.3, 0.4) is 0 Å². The summed E-state index contributed by atoms with van der Waals surface area (Å²) < 4.78 is 0.970. The second kappa shape index (κ2) is 6.46. The minimum atomic E-state index is -0.888. The van der Waals surface area contributed by atoms with Gasteiger partial charge in [0, 0.05) is 35.2 Å². The van der Waals surface area contributed by atoms with E-state index in [0.717, 1.165) is 28.9 Å². The number of carboxylic acid groups (broad SMARTS) is 1. The highest BCUT2D eigenvalue weighted by atomic mass is 35.5. The highest BCUT2D eigenvalue weighted by Gasteiger charge is 2.11. The van der Waals surface area contributed by atoms with Gasteiger partial charge in [0.2, 0.25) is 0 Å². The summed E-state index contributed by atoms with van der Waals surface area (Å²) in [6, 6.07) is 7.60. The monoisotopic (exact) mass is 317 g/mol. The number of carboxylic acids is 1. The van der Waals surface area contributed by atoms with Crippen molar-refractivity contribution in [3.8, 4) is 0 Å². The fraction of sp³-hybridized carbons (Fsp3) is 0.308. The highest BCUT2D eigenvalue weighted by Crippen LogP contribution is 2.29. The van der Waals surface area contributed by atoms with Crippen LogP contribution in [0.25, 0.3) is 10.1 Å². The summed E-state index contributed by atoms with van der Waals surface area (Å²) in [6.07, 6.45) is 0. The molecule has 2 aromatic rings. The van der Waals surface area contributed by atoms with Crippen molar-refractivity contribution in [1.82, 2.24) is 0 Å². The van der Waals surface area contributed by atoms with E-state index in [2.05, 4.69) is 4.90 Å². The number of halogens is 2. The Morgan fingerprint density at radius 2 is 1.89 bits per heavy atom. The van der Waals surface area contributed by atoms with Crippen LogP contribution in [0, 0.1) is 0 Å². The molecular weight excluding hydrogens is 305 g/mol. The van der Waals surface area contributed by atoms with Gasteiger partial charge in [0.25, 0.3) is 0 Å². The number of aromatic carboxylic acids is 1. The molecule has 0 unspecified atom stereocenters. The molecule has 0 saturated heterocycles. The maximum absolute atomic E-state index is 11.0. The number of rotatable bonds is 6. The van der Waals surface area contributed by atoms with Gasteiger partial charge >= 0.3 is 5.97 Å². The lowest BCUT2D eigenvalue weighted by Crippen LogP contribution is -2.27. The van der Waals surface area contributed by atoms with Crippen molar-refractivity contribution in [3.63, 3.8) is 0 Å². The summed E-state index contributed by atoms with van der Waals surface area (Å²) in [7, 11) is 0. The van der Waals surface area contributed by atoms with Crippen molar-refractivity contribution in [3.05, 3.63) is 29.1 Å². The molecule has 19 heavy (non-hydrogen) atoms. The molecule has 0 saturated carbocycles. The maximum atomic E-state index is 11.0. The summed E-state index contributed by atoms with van der Waals surface area (Å²) in [4.78, 5) is 13.4. The Morgan fingerprint density at radius 1 is 1.21 bits per heavy atom. The van der Waals surface area contributed by atoms with Gasteiger partial charge < -0.3 is 10.0 Å². The number of thiophene rings is 1. The van der Waals surface area contributed by atoms with E-state index in [1.807, 2.05) is 18.2 Å². The van der Waals surface area contributed by atoms with Gasteiger partial charge in [0.15, 0.2) is 0 Å². The molecule has 2 rings (SSSR count). The minimum Gasteiger partial charge on any atom is -0.477 e. The molecule has 1 heterocycles. The van der Waals surface area contributed by atoms with Crippen LogP contribution < -0.4 is 4.90 Å². The molecule has 6 heteroatoms. The number of carbonyl (C=O) groups is 1. The number of fused-ring (bicyclic) bond motifs is 1. The zero-order chi connectivity index (χ0) is 13.8. The minimum absolute atomic E-state index is 0.355. The Hall–Kier alpha value is -0.970. The van der Waals surface area contributed by atoms with Crippen LogP contribution >= 0.6 is 34.5 Å². The van der Waals surface area contributed by atoms with E-state index < -0.39 is 5.97 Å². The van der Waals surface area contributed by atoms with Gasteiger partial charge in [-0.15, -0.1) is 34.5 Å². The van der Waals surface area contributed by atoms with Gasteiger partial charge in [-0.3, -0.25) is 0 Å². The molecule has 0 radical (unpaired) electrons. The number of hydrogen-bond donors (Lipinski definition) is 1. The average Bonchev–Trinajstić information content (AvgIpc) is 2.81.